The first-order chi connectivity index (χ1) is 9.65. The normalized spacial score (nSPS) is 17.6. The standard InChI is InChI=1S/C15H15N3O2/c1-9-5-12-14(13(19)6-9)11(8-17-12)15(20)18-10-3-2-4-16-7-10/h2-4,7-9,17H,5-6H2,1H3,(H,18,20). The van der Waals surface area contributed by atoms with Gasteiger partial charge in [0.25, 0.3) is 5.91 Å². The third kappa shape index (κ3) is 2.22. The van der Waals surface area contributed by atoms with Crippen molar-refractivity contribution >= 4 is 17.4 Å². The predicted octanol–water partition coefficient (Wildman–Crippen LogP) is 2.43. The van der Waals surface area contributed by atoms with Crippen LogP contribution in [0.4, 0.5) is 5.69 Å². The van der Waals surface area contributed by atoms with Gasteiger partial charge in [-0.1, -0.05) is 6.92 Å². The SMILES string of the molecule is CC1CC(=O)c2c(C(=O)Nc3cccnc3)c[nH]c2C1. The molecule has 2 aromatic rings. The molecule has 2 N–H and O–H groups in total. The van der Waals surface area contributed by atoms with Crippen molar-refractivity contribution in [1.29, 1.82) is 0 Å². The summed E-state index contributed by atoms with van der Waals surface area (Å²) in [5.41, 5.74) is 2.44. The second-order valence-electron chi connectivity index (χ2n) is 5.19. The monoisotopic (exact) mass is 269 g/mol. The lowest BCUT2D eigenvalue weighted by Gasteiger charge is -2.17. The molecule has 0 aliphatic heterocycles. The maximum atomic E-state index is 12.3. The molecule has 2 aromatic heterocycles. The van der Waals surface area contributed by atoms with Crippen LogP contribution in [0.2, 0.25) is 0 Å². The van der Waals surface area contributed by atoms with Crippen LogP contribution in [0.1, 0.15) is 39.8 Å². The Morgan fingerprint density at radius 1 is 1.45 bits per heavy atom. The molecule has 2 heterocycles. The summed E-state index contributed by atoms with van der Waals surface area (Å²) in [6.45, 7) is 2.04. The second kappa shape index (κ2) is 4.92. The Labute approximate surface area is 116 Å². The number of Topliss-reactive ketones (excluding diaryl/α,β-unsaturated/α-hetero) is 1. The van der Waals surface area contributed by atoms with Gasteiger partial charge in [0, 0.05) is 24.5 Å². The second-order valence-corrected chi connectivity index (χ2v) is 5.19. The molecule has 0 bridgehead atoms. The Morgan fingerprint density at radius 3 is 3.05 bits per heavy atom. The van der Waals surface area contributed by atoms with E-state index in [9.17, 15) is 9.59 Å². The Kier molecular flexibility index (Phi) is 3.10. The fourth-order valence-electron chi connectivity index (χ4n) is 2.60. The minimum atomic E-state index is -0.279. The molecular weight excluding hydrogens is 254 g/mol. The fourth-order valence-corrected chi connectivity index (χ4v) is 2.60. The summed E-state index contributed by atoms with van der Waals surface area (Å²) >= 11 is 0. The maximum absolute atomic E-state index is 12.3. The van der Waals surface area contributed by atoms with E-state index >= 15 is 0 Å². The molecule has 1 unspecified atom stereocenters. The highest BCUT2D eigenvalue weighted by Gasteiger charge is 2.29. The lowest BCUT2D eigenvalue weighted by molar-refractivity contribution is 0.0940. The minimum absolute atomic E-state index is 0.0383. The van der Waals surface area contributed by atoms with Crippen molar-refractivity contribution in [2.45, 2.75) is 19.8 Å². The molecule has 0 aromatic carbocycles. The molecule has 0 saturated carbocycles. The van der Waals surface area contributed by atoms with E-state index in [1.807, 2.05) is 6.92 Å². The highest BCUT2D eigenvalue weighted by molar-refractivity contribution is 6.13. The van der Waals surface area contributed by atoms with Gasteiger partial charge in [0.2, 0.25) is 0 Å². The third-order valence-electron chi connectivity index (χ3n) is 3.49. The molecule has 1 amide bonds. The van der Waals surface area contributed by atoms with Gasteiger partial charge in [-0.15, -0.1) is 0 Å². The fraction of sp³-hybridized carbons (Fsp3) is 0.267. The first-order valence-corrected chi connectivity index (χ1v) is 6.60. The number of pyridine rings is 1. The number of amides is 1. The zero-order valence-electron chi connectivity index (χ0n) is 11.1. The molecule has 0 fully saturated rings. The quantitative estimate of drug-likeness (QED) is 0.879. The molecule has 102 valence electrons. The molecule has 1 aliphatic carbocycles. The van der Waals surface area contributed by atoms with E-state index in [0.717, 1.165) is 12.1 Å². The Bertz CT molecular complexity index is 661. The van der Waals surface area contributed by atoms with Crippen LogP contribution in [-0.4, -0.2) is 21.7 Å². The minimum Gasteiger partial charge on any atom is -0.364 e. The van der Waals surface area contributed by atoms with E-state index in [0.29, 0.717) is 29.2 Å². The number of fused-ring (bicyclic) bond motifs is 1. The smallest absolute Gasteiger partial charge is 0.257 e. The average Bonchev–Trinajstić information content (AvgIpc) is 2.84. The summed E-state index contributed by atoms with van der Waals surface area (Å²) < 4.78 is 0. The molecule has 1 atom stereocenters. The van der Waals surface area contributed by atoms with Gasteiger partial charge in [0.15, 0.2) is 5.78 Å². The number of H-pyrrole nitrogens is 1. The van der Waals surface area contributed by atoms with E-state index in [1.165, 1.54) is 0 Å². The summed E-state index contributed by atoms with van der Waals surface area (Å²) in [4.78, 5) is 31.4. The van der Waals surface area contributed by atoms with Crippen LogP contribution < -0.4 is 5.32 Å². The van der Waals surface area contributed by atoms with Crippen LogP contribution in [0, 0.1) is 5.92 Å². The van der Waals surface area contributed by atoms with Crippen LogP contribution in [0.15, 0.2) is 30.7 Å². The Balaban J connectivity index is 1.88. The van der Waals surface area contributed by atoms with E-state index in [4.69, 9.17) is 0 Å². The molecule has 1 aliphatic rings. The number of carbonyl (C=O) groups is 2. The third-order valence-corrected chi connectivity index (χ3v) is 3.49. The summed E-state index contributed by atoms with van der Waals surface area (Å²) in [7, 11) is 0. The lowest BCUT2D eigenvalue weighted by Crippen LogP contribution is -2.21. The number of carbonyl (C=O) groups excluding carboxylic acids is 2. The van der Waals surface area contributed by atoms with Crippen molar-refractivity contribution in [2.75, 3.05) is 5.32 Å². The summed E-state index contributed by atoms with van der Waals surface area (Å²) in [5.74, 6) is 0.0811. The number of hydrogen-bond donors (Lipinski definition) is 2. The van der Waals surface area contributed by atoms with Crippen LogP contribution in [0.3, 0.4) is 0 Å². The van der Waals surface area contributed by atoms with Gasteiger partial charge < -0.3 is 10.3 Å². The van der Waals surface area contributed by atoms with Gasteiger partial charge >= 0.3 is 0 Å². The highest BCUT2D eigenvalue weighted by atomic mass is 16.2. The van der Waals surface area contributed by atoms with Crippen molar-refractivity contribution in [3.8, 4) is 0 Å². The number of anilines is 1. The average molecular weight is 269 g/mol. The van der Waals surface area contributed by atoms with Gasteiger partial charge in [-0.2, -0.15) is 0 Å². The summed E-state index contributed by atoms with van der Waals surface area (Å²) in [5, 5.41) is 2.75. The van der Waals surface area contributed by atoms with Crippen LogP contribution in [0.5, 0.6) is 0 Å². The van der Waals surface area contributed by atoms with Gasteiger partial charge in [0.05, 0.1) is 23.0 Å². The van der Waals surface area contributed by atoms with Crippen molar-refractivity contribution in [3.05, 3.63) is 47.5 Å². The summed E-state index contributed by atoms with van der Waals surface area (Å²) in [6.07, 6.45) is 6.13. The molecule has 0 spiro atoms. The topological polar surface area (TPSA) is 74.8 Å². The van der Waals surface area contributed by atoms with Crippen LogP contribution in [0.25, 0.3) is 0 Å². The zero-order valence-corrected chi connectivity index (χ0v) is 11.1. The molecule has 3 rings (SSSR count). The summed E-state index contributed by atoms with van der Waals surface area (Å²) in [6, 6.07) is 3.50. The first kappa shape index (κ1) is 12.6. The zero-order chi connectivity index (χ0) is 14.1. The van der Waals surface area contributed by atoms with Crippen molar-refractivity contribution < 1.29 is 9.59 Å². The largest absolute Gasteiger partial charge is 0.364 e. The Hall–Kier alpha value is -2.43. The van der Waals surface area contributed by atoms with Crippen molar-refractivity contribution in [3.63, 3.8) is 0 Å². The molecule has 20 heavy (non-hydrogen) atoms. The van der Waals surface area contributed by atoms with E-state index in [-0.39, 0.29) is 11.7 Å². The number of aromatic nitrogens is 2. The van der Waals surface area contributed by atoms with Gasteiger partial charge in [-0.3, -0.25) is 14.6 Å². The lowest BCUT2D eigenvalue weighted by atomic mass is 9.86. The van der Waals surface area contributed by atoms with Gasteiger partial charge in [-0.25, -0.2) is 0 Å². The maximum Gasteiger partial charge on any atom is 0.257 e. The van der Waals surface area contributed by atoms with Crippen molar-refractivity contribution in [2.24, 2.45) is 5.92 Å². The first-order valence-electron chi connectivity index (χ1n) is 6.60. The van der Waals surface area contributed by atoms with Crippen molar-refractivity contribution in [1.82, 2.24) is 9.97 Å². The number of nitrogens with one attached hydrogen (secondary N) is 2. The van der Waals surface area contributed by atoms with E-state index in [1.54, 1.807) is 30.7 Å². The number of rotatable bonds is 2. The number of hydrogen-bond acceptors (Lipinski definition) is 3. The molecule has 0 radical (unpaired) electrons. The predicted molar refractivity (Wildman–Crippen MR) is 74.8 cm³/mol. The molecule has 5 nitrogen and oxygen atoms in total. The van der Waals surface area contributed by atoms with Crippen LogP contribution in [-0.2, 0) is 6.42 Å². The number of aromatic amines is 1. The van der Waals surface area contributed by atoms with Gasteiger partial charge in [-0.05, 0) is 24.5 Å². The van der Waals surface area contributed by atoms with Crippen LogP contribution >= 0.6 is 0 Å². The van der Waals surface area contributed by atoms with E-state index < -0.39 is 0 Å². The highest BCUT2D eigenvalue weighted by Crippen LogP contribution is 2.27. The van der Waals surface area contributed by atoms with Gasteiger partial charge in [0.1, 0.15) is 0 Å². The molecule has 5 heteroatoms. The number of ketones is 1. The number of nitrogens with zero attached hydrogens (tertiary/aromatic N) is 1. The molecule has 0 saturated heterocycles. The van der Waals surface area contributed by atoms with E-state index in [2.05, 4.69) is 15.3 Å². The Morgan fingerprint density at radius 2 is 2.30 bits per heavy atom. The molecular formula is C15H15N3O2.